The maximum Gasteiger partial charge on any atom is 0.329 e. The van der Waals surface area contributed by atoms with Crippen molar-refractivity contribution >= 4 is 41.1 Å². The van der Waals surface area contributed by atoms with Gasteiger partial charge in [0.15, 0.2) is 5.78 Å². The van der Waals surface area contributed by atoms with Crippen LogP contribution in [0.25, 0.3) is 11.1 Å². The summed E-state index contributed by atoms with van der Waals surface area (Å²) in [7, 11) is 4.59. The number of Topliss-reactive ketones (excluding diaryl/α,β-unsaturated/α-hetero) is 3. The number of rotatable bonds is 13. The number of ether oxygens (including phenoxy) is 6. The highest BCUT2D eigenvalue weighted by atomic mass is 16.6. The minimum atomic E-state index is -2.48. The fourth-order valence-corrected chi connectivity index (χ4v) is 13.2. The third-order valence-electron chi connectivity index (χ3n) is 19.0. The van der Waals surface area contributed by atoms with Gasteiger partial charge >= 0.3 is 5.97 Å². The molecule has 2 amide bonds. The van der Waals surface area contributed by atoms with E-state index in [9.17, 15) is 39.0 Å². The van der Waals surface area contributed by atoms with E-state index in [4.69, 9.17) is 40.6 Å². The predicted molar refractivity (Wildman–Crippen MR) is 341 cm³/mol. The van der Waals surface area contributed by atoms with Crippen molar-refractivity contribution in [3.8, 4) is 23.5 Å². The van der Waals surface area contributed by atoms with Crippen LogP contribution in [-0.2, 0) is 63.8 Å². The van der Waals surface area contributed by atoms with Crippen LogP contribution in [0.2, 0.25) is 0 Å². The van der Waals surface area contributed by atoms with Crippen molar-refractivity contribution in [2.24, 2.45) is 35.3 Å². The molecule has 1 aromatic heterocycles. The third kappa shape index (κ3) is 18.7. The van der Waals surface area contributed by atoms with Crippen LogP contribution >= 0.6 is 0 Å². The largest absolute Gasteiger partial charge is 0.459 e. The number of piperazine rings is 1. The summed E-state index contributed by atoms with van der Waals surface area (Å²) in [5.41, 5.74) is 11.0. The quantitative estimate of drug-likeness (QED) is 0.0754. The molecule has 4 fully saturated rings. The highest BCUT2D eigenvalue weighted by Crippen LogP contribution is 2.38. The molecule has 0 unspecified atom stereocenters. The molecule has 1 saturated carbocycles. The van der Waals surface area contributed by atoms with Crippen molar-refractivity contribution < 1.29 is 67.4 Å². The molecule has 3 saturated heterocycles. The number of piperidine rings is 1. The first kappa shape index (κ1) is 71.2. The summed E-state index contributed by atoms with van der Waals surface area (Å²) >= 11 is 0. The number of aliphatic hydroxyl groups excluding tert-OH is 1. The van der Waals surface area contributed by atoms with E-state index in [0.29, 0.717) is 121 Å². The van der Waals surface area contributed by atoms with Crippen molar-refractivity contribution in [1.29, 1.82) is 0 Å². The first-order valence-corrected chi connectivity index (χ1v) is 32.3. The minimum Gasteiger partial charge on any atom is -0.459 e. The highest BCUT2D eigenvalue weighted by Gasteiger charge is 2.53. The number of fused-ring (bicyclic) bond motifs is 3. The van der Waals surface area contributed by atoms with Gasteiger partial charge in [0, 0.05) is 121 Å². The van der Waals surface area contributed by atoms with E-state index in [0.717, 1.165) is 27.2 Å². The molecule has 4 N–H and O–H groups in total. The number of esters is 1. The average molecular weight is 1250 g/mol. The number of methoxy groups -OCH3 is 3. The van der Waals surface area contributed by atoms with Crippen LogP contribution in [0.1, 0.15) is 137 Å². The smallest absolute Gasteiger partial charge is 0.329 e. The van der Waals surface area contributed by atoms with Gasteiger partial charge in [0.25, 0.3) is 11.7 Å². The zero-order valence-corrected chi connectivity index (χ0v) is 54.3. The van der Waals surface area contributed by atoms with Gasteiger partial charge in [-0.25, -0.2) is 14.8 Å². The van der Waals surface area contributed by atoms with Gasteiger partial charge in [-0.15, -0.1) is 12.3 Å². The molecule has 0 spiro atoms. The second-order valence-electron chi connectivity index (χ2n) is 25.6. The van der Waals surface area contributed by atoms with Gasteiger partial charge in [-0.1, -0.05) is 82.4 Å². The molecular weight excluding hydrogens is 1150 g/mol. The Hall–Kier alpha value is -6.28. The summed E-state index contributed by atoms with van der Waals surface area (Å²) in [4.78, 5) is 98.9. The minimum absolute atomic E-state index is 0.0102. The van der Waals surface area contributed by atoms with Gasteiger partial charge in [0.1, 0.15) is 30.1 Å². The van der Waals surface area contributed by atoms with Crippen LogP contribution in [-0.4, -0.2) is 180 Å². The molecule has 1 aliphatic carbocycles. The summed E-state index contributed by atoms with van der Waals surface area (Å²) in [6.45, 7) is 13.4. The maximum absolute atomic E-state index is 14.7. The molecule has 15 atom stereocenters. The van der Waals surface area contributed by atoms with E-state index < -0.39 is 83.8 Å². The Morgan fingerprint density at radius 3 is 2.30 bits per heavy atom. The molecular formula is C70H98N6O14. The van der Waals surface area contributed by atoms with Crippen molar-refractivity contribution in [3.63, 3.8) is 0 Å². The second-order valence-corrected chi connectivity index (χ2v) is 25.6. The van der Waals surface area contributed by atoms with Crippen molar-refractivity contribution in [2.45, 2.75) is 199 Å². The lowest BCUT2D eigenvalue weighted by Gasteiger charge is -2.42. The van der Waals surface area contributed by atoms with Gasteiger partial charge in [-0.2, -0.15) is 0 Å². The fourth-order valence-electron chi connectivity index (χ4n) is 13.2. The van der Waals surface area contributed by atoms with Crippen LogP contribution < -0.4 is 10.6 Å². The monoisotopic (exact) mass is 1250 g/mol. The molecule has 5 aliphatic rings. The molecule has 5 heterocycles. The number of nitrogens with zero attached hydrogens (tertiary/aromatic N) is 5. The average Bonchev–Trinajstić information content (AvgIpc) is 0.857. The third-order valence-corrected chi connectivity index (χ3v) is 19.0. The first-order chi connectivity index (χ1) is 43.1. The summed E-state index contributed by atoms with van der Waals surface area (Å²) in [5, 5.41) is 23.7. The normalized spacial score (nSPS) is 33.3. The Kier molecular flexibility index (Phi) is 26.8. The van der Waals surface area contributed by atoms with Gasteiger partial charge in [0.2, 0.25) is 17.6 Å². The molecule has 1 aromatic carbocycles. The summed E-state index contributed by atoms with van der Waals surface area (Å²) in [6, 6.07) is 5.92. The molecule has 0 radical (unpaired) electrons. The highest BCUT2D eigenvalue weighted by molar-refractivity contribution is 6.39. The SMILES string of the molecule is C#CCCC(=O)N1CCN(c2ncc(-c3cccc(CO[C@@H]4CC[C@@H](C[C@@H](N)[C@@H]5CC(=O)[C@H](C)/C=C(\C)[C@@H](O)[C@@H](OC)C(=O)[C@H](C)C[C@H](C)/C=C/C=C/C=C(\C)[C@@H](OC)C[C@@H]6CC[C@@H](C)[C@@](O)(O6)C(=O)C(=O)N6CCCC[C@H]6C(=O)O5)C[C@H]4OC)c3)cn2)CC1. The lowest BCUT2D eigenvalue weighted by atomic mass is 9.80. The second kappa shape index (κ2) is 33.9. The van der Waals surface area contributed by atoms with Crippen LogP contribution in [0.15, 0.2) is 84.3 Å². The van der Waals surface area contributed by atoms with Crippen molar-refractivity contribution in [3.05, 3.63) is 89.8 Å². The number of hydrogen-bond donors (Lipinski definition) is 3. The van der Waals surface area contributed by atoms with E-state index in [2.05, 4.69) is 26.9 Å². The van der Waals surface area contributed by atoms with Crippen LogP contribution in [0, 0.1) is 41.9 Å². The van der Waals surface area contributed by atoms with E-state index in [1.54, 1.807) is 60.4 Å². The number of aliphatic hydroxyl groups is 2. The van der Waals surface area contributed by atoms with Crippen molar-refractivity contribution in [2.75, 3.05) is 59.0 Å². The van der Waals surface area contributed by atoms with Crippen LogP contribution in [0.5, 0.6) is 0 Å². The van der Waals surface area contributed by atoms with E-state index in [-0.39, 0.29) is 60.9 Å². The number of aromatic nitrogens is 2. The number of amides is 2. The molecule has 20 heteroatoms. The molecule has 90 heavy (non-hydrogen) atoms. The first-order valence-electron chi connectivity index (χ1n) is 32.3. The van der Waals surface area contributed by atoms with Gasteiger partial charge in [-0.05, 0) is 118 Å². The maximum atomic E-state index is 14.7. The van der Waals surface area contributed by atoms with Gasteiger partial charge in [-0.3, -0.25) is 24.0 Å². The predicted octanol–water partition coefficient (Wildman–Crippen LogP) is 7.62. The molecule has 2 aromatic rings. The topological polar surface area (TPSA) is 260 Å². The zero-order valence-electron chi connectivity index (χ0n) is 54.3. The molecule has 4 aliphatic heterocycles. The Morgan fingerprint density at radius 2 is 1.60 bits per heavy atom. The number of anilines is 1. The number of cyclic esters (lactones) is 1. The number of ketones is 3. The van der Waals surface area contributed by atoms with Gasteiger partial charge in [0.05, 0.1) is 31.0 Å². The number of carbonyl (C=O) groups excluding carboxylic acids is 6. The standard InChI is InChI=1S/C70H98N6O14/c1-11-12-24-62(78)74-30-32-75(33-31-74)69-72-41-53(42-73-69)52-22-18-21-51(36-52)43-88-58-28-26-50(38-61(58)86-9)37-55(71)60-40-57(77)46(4)35-48(6)64(80)65(87-10)63(79)47(5)34-44(2)19-14-13-15-20-45(3)59(85-8)39-54-27-25-49(7)70(84,90-54)66(81)67(82)76-29-17-16-23-56(76)68(83)89-60/h1,13-15,18-22,35-36,41-42,44,46-47,49-50,54-56,58-61,64-65,80,84H,12,16-17,23-34,37-40,43,71H2,2-10H3/b15-13+,19-14+,45-20+,48-35+/t44-,46-,47-,49-,50+,54+,55-,56+,58-,59+,60+,61-,64-,65+,70-/m1/s1. The Morgan fingerprint density at radius 1 is 0.856 bits per heavy atom. The molecule has 7 rings (SSSR count). The Balaban J connectivity index is 1.06. The van der Waals surface area contributed by atoms with E-state index in [1.807, 2.05) is 67.3 Å². The van der Waals surface area contributed by atoms with Crippen LogP contribution in [0.3, 0.4) is 0 Å². The molecule has 2 bridgehead atoms. The number of benzene rings is 1. The Bertz CT molecular complexity index is 2930. The summed E-state index contributed by atoms with van der Waals surface area (Å²) in [5.74, 6) is -5.08. The van der Waals surface area contributed by atoms with Crippen molar-refractivity contribution in [1.82, 2.24) is 19.8 Å². The van der Waals surface area contributed by atoms with E-state index in [1.165, 1.54) is 7.11 Å². The fraction of sp³-hybridized carbons (Fsp3) is 0.629. The molecule has 20 nitrogen and oxygen atoms in total. The lowest BCUT2D eigenvalue weighted by Crippen LogP contribution is -2.61. The number of carbonyl (C=O) groups is 6. The molecule has 492 valence electrons. The van der Waals surface area contributed by atoms with Crippen LogP contribution in [0.4, 0.5) is 5.95 Å². The Labute approximate surface area is 532 Å². The lowest BCUT2D eigenvalue weighted by molar-refractivity contribution is -0.265. The number of hydrogen-bond acceptors (Lipinski definition) is 18. The number of terminal acetylenes is 1. The summed E-state index contributed by atoms with van der Waals surface area (Å²) < 4.78 is 36.7. The van der Waals surface area contributed by atoms with Gasteiger partial charge < -0.3 is 59.1 Å². The zero-order chi connectivity index (χ0) is 65.2. The summed E-state index contributed by atoms with van der Waals surface area (Å²) in [6.07, 6.45) is 20.2. The number of allylic oxidation sites excluding steroid dienone is 6. The number of nitrogens with two attached hydrogens (primary N) is 1. The van der Waals surface area contributed by atoms with E-state index >= 15 is 0 Å².